The highest BCUT2D eigenvalue weighted by Crippen LogP contribution is 2.33. The Kier molecular flexibility index (Phi) is 5.90. The Morgan fingerprint density at radius 2 is 1.10 bits per heavy atom. The first kappa shape index (κ1) is 18.1. The highest BCUT2D eigenvalue weighted by molar-refractivity contribution is 5.54. The zero-order valence-corrected chi connectivity index (χ0v) is 15.5. The van der Waals surface area contributed by atoms with E-state index in [1.54, 1.807) is 0 Å². The molecule has 0 aliphatic rings. The lowest BCUT2D eigenvalue weighted by molar-refractivity contribution is 0.567. The van der Waals surface area contributed by atoms with Gasteiger partial charge in [0.15, 0.2) is 0 Å². The molecule has 1 aromatic rings. The third-order valence-corrected chi connectivity index (χ3v) is 4.00. The third kappa shape index (κ3) is 5.05. The van der Waals surface area contributed by atoms with Crippen LogP contribution in [0.1, 0.15) is 79.4 Å². The number of anilines is 1. The highest BCUT2D eigenvalue weighted by Gasteiger charge is 2.21. The Morgan fingerprint density at radius 1 is 0.714 bits per heavy atom. The molecule has 120 valence electrons. The summed E-state index contributed by atoms with van der Waals surface area (Å²) in [4.78, 5) is 2.55. The lowest BCUT2D eigenvalue weighted by Crippen LogP contribution is -2.26. The second-order valence-corrected chi connectivity index (χ2v) is 8.26. The normalized spacial score (nSPS) is 12.6. The number of nitrogens with zero attached hydrogens (tertiary/aromatic N) is 1. The Morgan fingerprint density at radius 3 is 1.38 bits per heavy atom. The van der Waals surface area contributed by atoms with Crippen LogP contribution in [-0.4, -0.2) is 13.1 Å². The molecule has 0 aliphatic carbocycles. The summed E-state index contributed by atoms with van der Waals surface area (Å²) in [6.45, 7) is 20.7. The summed E-state index contributed by atoms with van der Waals surface area (Å²) in [7, 11) is 0. The van der Waals surface area contributed by atoms with E-state index in [4.69, 9.17) is 0 Å². The maximum absolute atomic E-state index is 2.55. The Labute approximate surface area is 132 Å². The minimum atomic E-state index is 0.195. The van der Waals surface area contributed by atoms with Gasteiger partial charge in [-0.15, -0.1) is 0 Å². The molecule has 0 heterocycles. The van der Waals surface area contributed by atoms with Crippen LogP contribution in [0, 0.1) is 0 Å². The summed E-state index contributed by atoms with van der Waals surface area (Å²) in [5.74, 6) is 0. The van der Waals surface area contributed by atoms with Crippen LogP contribution in [-0.2, 0) is 10.8 Å². The van der Waals surface area contributed by atoms with Gasteiger partial charge in [0.05, 0.1) is 0 Å². The van der Waals surface area contributed by atoms with Gasteiger partial charge in [0.25, 0.3) is 0 Å². The van der Waals surface area contributed by atoms with Crippen LogP contribution in [0.25, 0.3) is 0 Å². The zero-order valence-electron chi connectivity index (χ0n) is 15.5. The molecule has 0 unspecified atom stereocenters. The van der Waals surface area contributed by atoms with E-state index in [1.165, 1.54) is 29.7 Å². The summed E-state index contributed by atoms with van der Waals surface area (Å²) in [5.41, 5.74) is 4.68. The van der Waals surface area contributed by atoms with Crippen molar-refractivity contribution < 1.29 is 0 Å². The fourth-order valence-electron chi connectivity index (χ4n) is 2.57. The molecule has 0 radical (unpaired) electrons. The van der Waals surface area contributed by atoms with E-state index >= 15 is 0 Å². The second-order valence-electron chi connectivity index (χ2n) is 8.26. The van der Waals surface area contributed by atoms with Crippen molar-refractivity contribution in [1.82, 2.24) is 0 Å². The van der Waals surface area contributed by atoms with Gasteiger partial charge in [-0.25, -0.2) is 0 Å². The smallest absolute Gasteiger partial charge is 0.0372 e. The molecule has 1 nitrogen and oxygen atoms in total. The van der Waals surface area contributed by atoms with Gasteiger partial charge in [-0.1, -0.05) is 61.5 Å². The standard InChI is InChI=1S/C20H35N/c1-9-11-21(12-10-2)18-14-16(19(3,4)5)13-17(15-18)20(6,7)8/h13-15H,9-12H2,1-8H3. The number of rotatable bonds is 5. The van der Waals surface area contributed by atoms with Crippen LogP contribution in [0.15, 0.2) is 18.2 Å². The third-order valence-electron chi connectivity index (χ3n) is 4.00. The number of benzene rings is 1. The average Bonchev–Trinajstić information content (AvgIpc) is 2.36. The summed E-state index contributed by atoms with van der Waals surface area (Å²) in [5, 5.41) is 0. The molecule has 0 amide bonds. The van der Waals surface area contributed by atoms with Gasteiger partial charge >= 0.3 is 0 Å². The first-order chi connectivity index (χ1) is 9.59. The van der Waals surface area contributed by atoms with Crippen molar-refractivity contribution >= 4 is 5.69 Å². The summed E-state index contributed by atoms with van der Waals surface area (Å²) < 4.78 is 0. The molecular formula is C20H35N. The lowest BCUT2D eigenvalue weighted by atomic mass is 9.80. The molecule has 0 N–H and O–H groups in total. The maximum atomic E-state index is 2.55. The summed E-state index contributed by atoms with van der Waals surface area (Å²) in [6.07, 6.45) is 2.40. The van der Waals surface area contributed by atoms with E-state index < -0.39 is 0 Å². The first-order valence-electron chi connectivity index (χ1n) is 8.50. The van der Waals surface area contributed by atoms with Gasteiger partial charge < -0.3 is 4.90 Å². The van der Waals surface area contributed by atoms with Crippen LogP contribution >= 0.6 is 0 Å². The van der Waals surface area contributed by atoms with Crippen LogP contribution in [0.5, 0.6) is 0 Å². The Bertz CT molecular complexity index is 408. The van der Waals surface area contributed by atoms with Crippen molar-refractivity contribution in [2.24, 2.45) is 0 Å². The molecule has 0 aliphatic heterocycles. The van der Waals surface area contributed by atoms with Crippen LogP contribution in [0.4, 0.5) is 5.69 Å². The highest BCUT2D eigenvalue weighted by atomic mass is 15.1. The Hall–Kier alpha value is -0.980. The van der Waals surface area contributed by atoms with Crippen LogP contribution in [0.3, 0.4) is 0 Å². The maximum Gasteiger partial charge on any atom is 0.0372 e. The topological polar surface area (TPSA) is 3.24 Å². The second kappa shape index (κ2) is 6.85. The van der Waals surface area contributed by atoms with Gasteiger partial charge in [-0.2, -0.15) is 0 Å². The molecule has 0 atom stereocenters. The number of hydrogen-bond acceptors (Lipinski definition) is 1. The summed E-state index contributed by atoms with van der Waals surface area (Å²) >= 11 is 0. The van der Waals surface area contributed by atoms with Gasteiger partial charge in [-0.3, -0.25) is 0 Å². The van der Waals surface area contributed by atoms with E-state index in [2.05, 4.69) is 78.5 Å². The predicted octanol–water partition coefficient (Wildman–Crippen LogP) is 5.91. The lowest BCUT2D eigenvalue weighted by Gasteiger charge is -2.30. The van der Waals surface area contributed by atoms with Crippen molar-refractivity contribution in [3.8, 4) is 0 Å². The average molecular weight is 290 g/mol. The van der Waals surface area contributed by atoms with Gasteiger partial charge in [-0.05, 0) is 46.9 Å². The molecule has 0 fully saturated rings. The molecule has 0 saturated heterocycles. The minimum Gasteiger partial charge on any atom is -0.372 e. The molecular weight excluding hydrogens is 254 g/mol. The van der Waals surface area contributed by atoms with E-state index in [-0.39, 0.29) is 10.8 Å². The molecule has 1 aromatic carbocycles. The van der Waals surface area contributed by atoms with Crippen molar-refractivity contribution in [1.29, 1.82) is 0 Å². The van der Waals surface area contributed by atoms with E-state index in [0.29, 0.717) is 0 Å². The fourth-order valence-corrected chi connectivity index (χ4v) is 2.57. The SMILES string of the molecule is CCCN(CCC)c1cc(C(C)(C)C)cc(C(C)(C)C)c1. The first-order valence-corrected chi connectivity index (χ1v) is 8.50. The Balaban J connectivity index is 3.36. The molecule has 0 bridgehead atoms. The van der Waals surface area contributed by atoms with Crippen molar-refractivity contribution in [3.05, 3.63) is 29.3 Å². The number of hydrogen-bond donors (Lipinski definition) is 0. The predicted molar refractivity (Wildman–Crippen MR) is 96.6 cm³/mol. The summed E-state index contributed by atoms with van der Waals surface area (Å²) in [6, 6.07) is 7.21. The molecule has 1 rings (SSSR count). The molecule has 21 heavy (non-hydrogen) atoms. The van der Waals surface area contributed by atoms with Crippen molar-refractivity contribution in [2.45, 2.75) is 79.1 Å². The molecule has 1 heteroatoms. The molecule has 0 aromatic heterocycles. The van der Waals surface area contributed by atoms with Gasteiger partial charge in [0.1, 0.15) is 0 Å². The van der Waals surface area contributed by atoms with E-state index in [0.717, 1.165) is 13.1 Å². The van der Waals surface area contributed by atoms with E-state index in [9.17, 15) is 0 Å². The largest absolute Gasteiger partial charge is 0.372 e. The van der Waals surface area contributed by atoms with E-state index in [1.807, 2.05) is 0 Å². The van der Waals surface area contributed by atoms with Crippen LogP contribution < -0.4 is 4.90 Å². The minimum absolute atomic E-state index is 0.195. The monoisotopic (exact) mass is 289 g/mol. The van der Waals surface area contributed by atoms with Gasteiger partial charge in [0.2, 0.25) is 0 Å². The quantitative estimate of drug-likeness (QED) is 0.651. The van der Waals surface area contributed by atoms with Crippen LogP contribution in [0.2, 0.25) is 0 Å². The van der Waals surface area contributed by atoms with Crippen molar-refractivity contribution in [2.75, 3.05) is 18.0 Å². The zero-order chi connectivity index (χ0) is 16.3. The molecule has 0 saturated carbocycles. The fraction of sp³-hybridized carbons (Fsp3) is 0.700. The molecule has 0 spiro atoms. The van der Waals surface area contributed by atoms with Crippen molar-refractivity contribution in [3.63, 3.8) is 0 Å². The van der Waals surface area contributed by atoms with Gasteiger partial charge in [0, 0.05) is 18.8 Å².